The summed E-state index contributed by atoms with van der Waals surface area (Å²) in [6.45, 7) is 2.66. The van der Waals surface area contributed by atoms with E-state index in [0.29, 0.717) is 24.5 Å². The molecule has 0 aliphatic carbocycles. The van der Waals surface area contributed by atoms with Crippen molar-refractivity contribution in [2.24, 2.45) is 0 Å². The molecule has 1 N–H and O–H groups in total. The fourth-order valence-corrected chi connectivity index (χ4v) is 4.70. The van der Waals surface area contributed by atoms with E-state index in [9.17, 15) is 17.6 Å². The van der Waals surface area contributed by atoms with Crippen LogP contribution in [0.1, 0.15) is 24.8 Å². The molecular formula is C17H22FN3O4S2. The molecule has 2 aliphatic rings. The third kappa shape index (κ3) is 4.39. The van der Waals surface area contributed by atoms with E-state index in [-0.39, 0.29) is 23.9 Å². The van der Waals surface area contributed by atoms with Gasteiger partial charge in [0.1, 0.15) is 11.9 Å². The van der Waals surface area contributed by atoms with E-state index in [1.165, 1.54) is 22.3 Å². The van der Waals surface area contributed by atoms with Crippen molar-refractivity contribution in [1.82, 2.24) is 9.62 Å². The van der Waals surface area contributed by atoms with E-state index in [1.54, 1.807) is 19.1 Å². The molecule has 3 rings (SSSR count). The largest absolute Gasteiger partial charge is 0.442 e. The first-order valence-electron chi connectivity index (χ1n) is 8.63. The fraction of sp³-hybridized carbons (Fsp3) is 0.529. The molecule has 10 heteroatoms. The molecule has 2 aliphatic heterocycles. The van der Waals surface area contributed by atoms with E-state index >= 15 is 0 Å². The maximum absolute atomic E-state index is 14.7. The van der Waals surface area contributed by atoms with Crippen LogP contribution in [-0.2, 0) is 14.8 Å². The third-order valence-corrected chi connectivity index (χ3v) is 6.86. The number of sulfonamides is 1. The maximum atomic E-state index is 14.7. The number of benzene rings is 1. The van der Waals surface area contributed by atoms with E-state index in [1.807, 2.05) is 0 Å². The van der Waals surface area contributed by atoms with Crippen molar-refractivity contribution in [2.75, 3.05) is 37.3 Å². The van der Waals surface area contributed by atoms with Gasteiger partial charge >= 0.3 is 6.09 Å². The Hall–Kier alpha value is -1.78. The summed E-state index contributed by atoms with van der Waals surface area (Å²) in [5.41, 5.74) is 0.877. The van der Waals surface area contributed by atoms with Crippen molar-refractivity contribution in [1.29, 1.82) is 0 Å². The van der Waals surface area contributed by atoms with Crippen LogP contribution in [0.15, 0.2) is 18.2 Å². The van der Waals surface area contributed by atoms with Crippen LogP contribution in [0.3, 0.4) is 0 Å². The third-order valence-electron chi connectivity index (χ3n) is 4.86. The normalized spacial score (nSPS) is 25.3. The highest BCUT2D eigenvalue weighted by Gasteiger charge is 2.34. The SMILES string of the molecule is CC(=S)NC[C@H]1CN(c2ccc(C3CCS(=O)(=O)N(C)C3)cc2F)C(=O)O1. The minimum atomic E-state index is -3.20. The summed E-state index contributed by atoms with van der Waals surface area (Å²) in [5, 5.41) is 2.94. The Labute approximate surface area is 163 Å². The Kier molecular flexibility index (Phi) is 5.68. The van der Waals surface area contributed by atoms with Gasteiger partial charge in [-0.25, -0.2) is 21.9 Å². The Morgan fingerprint density at radius 3 is 2.78 bits per heavy atom. The second kappa shape index (κ2) is 7.69. The van der Waals surface area contributed by atoms with Crippen LogP contribution in [0, 0.1) is 5.82 Å². The van der Waals surface area contributed by atoms with Crippen LogP contribution in [0.4, 0.5) is 14.9 Å². The molecule has 1 aromatic carbocycles. The molecular weight excluding hydrogens is 393 g/mol. The molecule has 1 amide bonds. The number of anilines is 1. The smallest absolute Gasteiger partial charge is 0.414 e. The molecule has 0 radical (unpaired) electrons. The second-order valence-electron chi connectivity index (χ2n) is 6.85. The summed E-state index contributed by atoms with van der Waals surface area (Å²) in [7, 11) is -1.67. The van der Waals surface area contributed by atoms with Crippen molar-refractivity contribution >= 4 is 39.0 Å². The fourth-order valence-electron chi connectivity index (χ4n) is 3.31. The van der Waals surface area contributed by atoms with Crippen LogP contribution in [0.2, 0.25) is 0 Å². The van der Waals surface area contributed by atoms with Crippen LogP contribution in [0.5, 0.6) is 0 Å². The van der Waals surface area contributed by atoms with Gasteiger partial charge in [0.2, 0.25) is 10.0 Å². The average Bonchev–Trinajstić information content (AvgIpc) is 2.96. The molecule has 148 valence electrons. The summed E-state index contributed by atoms with van der Waals surface area (Å²) < 4.78 is 44.8. The predicted octanol–water partition coefficient (Wildman–Crippen LogP) is 1.84. The maximum Gasteiger partial charge on any atom is 0.414 e. The number of carbonyl (C=O) groups is 1. The van der Waals surface area contributed by atoms with Gasteiger partial charge in [0.05, 0.1) is 29.5 Å². The number of nitrogens with zero attached hydrogens (tertiary/aromatic N) is 2. The number of hydrogen-bond donors (Lipinski definition) is 1. The minimum absolute atomic E-state index is 0.0456. The zero-order valence-electron chi connectivity index (χ0n) is 15.1. The van der Waals surface area contributed by atoms with E-state index in [4.69, 9.17) is 17.0 Å². The number of cyclic esters (lactones) is 1. The van der Waals surface area contributed by atoms with Crippen molar-refractivity contribution < 1.29 is 22.3 Å². The number of ether oxygens (including phenoxy) is 1. The molecule has 27 heavy (non-hydrogen) atoms. The molecule has 2 heterocycles. The Morgan fingerprint density at radius 2 is 2.15 bits per heavy atom. The summed E-state index contributed by atoms with van der Waals surface area (Å²) in [4.78, 5) is 13.9. The van der Waals surface area contributed by atoms with Gasteiger partial charge in [-0.3, -0.25) is 4.90 Å². The topological polar surface area (TPSA) is 79.0 Å². The molecule has 0 saturated carbocycles. The summed E-state index contributed by atoms with van der Waals surface area (Å²) in [6, 6.07) is 4.68. The molecule has 7 nitrogen and oxygen atoms in total. The number of thiocarbonyl (C=S) groups is 1. The monoisotopic (exact) mass is 415 g/mol. The van der Waals surface area contributed by atoms with Gasteiger partial charge in [-0.2, -0.15) is 0 Å². The van der Waals surface area contributed by atoms with Gasteiger partial charge in [-0.15, -0.1) is 0 Å². The number of halogens is 1. The number of amides is 1. The van der Waals surface area contributed by atoms with Gasteiger partial charge in [0.25, 0.3) is 0 Å². The highest BCUT2D eigenvalue weighted by atomic mass is 32.2. The number of carbonyl (C=O) groups excluding carboxylic acids is 1. The Bertz CT molecular complexity index is 862. The van der Waals surface area contributed by atoms with Gasteiger partial charge in [-0.1, -0.05) is 18.3 Å². The molecule has 0 bridgehead atoms. The molecule has 1 unspecified atom stereocenters. The number of nitrogens with one attached hydrogen (secondary N) is 1. The standard InChI is InChI=1S/C17H22FN3O4S2/c1-11(26)19-8-14-10-21(17(22)25-14)16-4-3-12(7-15(16)18)13-5-6-27(23,24)20(2)9-13/h3-4,7,13-14H,5-6,8-10H2,1-2H3,(H,19,26)/t13?,14-/m0/s1. The molecule has 2 fully saturated rings. The van der Waals surface area contributed by atoms with E-state index < -0.39 is 28.0 Å². The van der Waals surface area contributed by atoms with Gasteiger partial charge in [0, 0.05) is 13.6 Å². The first-order valence-corrected chi connectivity index (χ1v) is 10.6. The first-order chi connectivity index (χ1) is 12.7. The van der Waals surface area contributed by atoms with Crippen molar-refractivity contribution in [3.05, 3.63) is 29.6 Å². The van der Waals surface area contributed by atoms with Gasteiger partial charge in [0.15, 0.2) is 0 Å². The van der Waals surface area contributed by atoms with E-state index in [2.05, 4.69) is 5.32 Å². The van der Waals surface area contributed by atoms with Crippen LogP contribution in [0.25, 0.3) is 0 Å². The lowest BCUT2D eigenvalue weighted by molar-refractivity contribution is 0.143. The van der Waals surface area contributed by atoms with E-state index in [0.717, 1.165) is 5.56 Å². The predicted molar refractivity (Wildman–Crippen MR) is 104 cm³/mol. The van der Waals surface area contributed by atoms with Crippen LogP contribution in [-0.4, -0.2) is 62.3 Å². The molecule has 0 aromatic heterocycles. The van der Waals surface area contributed by atoms with Crippen molar-refractivity contribution in [3.63, 3.8) is 0 Å². The zero-order chi connectivity index (χ0) is 19.8. The second-order valence-corrected chi connectivity index (χ2v) is 9.65. The Balaban J connectivity index is 1.72. The van der Waals surface area contributed by atoms with Crippen molar-refractivity contribution in [3.8, 4) is 0 Å². The van der Waals surface area contributed by atoms with Gasteiger partial charge in [-0.05, 0) is 37.0 Å². The quantitative estimate of drug-likeness (QED) is 0.756. The molecule has 2 atom stereocenters. The molecule has 2 saturated heterocycles. The lowest BCUT2D eigenvalue weighted by atomic mass is 9.95. The summed E-state index contributed by atoms with van der Waals surface area (Å²) >= 11 is 4.94. The van der Waals surface area contributed by atoms with Gasteiger partial charge < -0.3 is 10.1 Å². The van der Waals surface area contributed by atoms with Crippen LogP contribution >= 0.6 is 12.2 Å². The first kappa shape index (κ1) is 20.0. The van der Waals surface area contributed by atoms with Crippen LogP contribution < -0.4 is 10.2 Å². The highest BCUT2D eigenvalue weighted by Crippen LogP contribution is 2.31. The molecule has 0 spiro atoms. The average molecular weight is 416 g/mol. The van der Waals surface area contributed by atoms with Crippen molar-refractivity contribution in [2.45, 2.75) is 25.4 Å². The molecule has 1 aromatic rings. The number of rotatable bonds is 4. The lowest BCUT2D eigenvalue weighted by Crippen LogP contribution is -2.38. The zero-order valence-corrected chi connectivity index (χ0v) is 16.8. The summed E-state index contributed by atoms with van der Waals surface area (Å²) in [6.07, 6.45) is -0.562. The lowest BCUT2D eigenvalue weighted by Gasteiger charge is -2.30. The summed E-state index contributed by atoms with van der Waals surface area (Å²) in [5.74, 6) is -0.556. The number of likely N-dealkylation sites (N-methyl/N-ethyl adjacent to an activating group) is 1. The minimum Gasteiger partial charge on any atom is -0.442 e. The highest BCUT2D eigenvalue weighted by molar-refractivity contribution is 7.89. The Morgan fingerprint density at radius 1 is 1.41 bits per heavy atom. The number of hydrogen-bond acceptors (Lipinski definition) is 5.